The molecule has 1 aromatic carbocycles. The molecule has 0 amide bonds. The van der Waals surface area contributed by atoms with Gasteiger partial charge in [-0.15, -0.1) is 0 Å². The predicted octanol–water partition coefficient (Wildman–Crippen LogP) is 2.80. The fraction of sp³-hybridized carbons (Fsp3) is 0.308. The van der Waals surface area contributed by atoms with Crippen LogP contribution in [0.1, 0.15) is 29.8 Å². The number of hydrogen-bond acceptors (Lipinski definition) is 3. The lowest BCUT2D eigenvalue weighted by Crippen LogP contribution is -2.32. The topological polar surface area (TPSA) is 55.9 Å². The minimum Gasteiger partial charge on any atom is -0.271 e. The minimum atomic E-state index is -0.827. The van der Waals surface area contributed by atoms with Crippen LogP contribution in [-0.2, 0) is 6.54 Å². The lowest BCUT2D eigenvalue weighted by atomic mass is 10.0. The highest BCUT2D eigenvalue weighted by atomic mass is 79.9. The van der Waals surface area contributed by atoms with Crippen LogP contribution in [0.15, 0.2) is 22.8 Å². The highest BCUT2D eigenvalue weighted by molar-refractivity contribution is 9.10. The summed E-state index contributed by atoms with van der Waals surface area (Å²) in [6.45, 7) is 4.03. The first kappa shape index (κ1) is 15.1. The molecular formula is C13H15BrF2N4. The van der Waals surface area contributed by atoms with Crippen LogP contribution in [0.25, 0.3) is 0 Å². The Bertz CT molecular complexity index is 627. The van der Waals surface area contributed by atoms with Crippen LogP contribution in [0.3, 0.4) is 0 Å². The molecule has 0 bridgehead atoms. The third kappa shape index (κ3) is 2.48. The van der Waals surface area contributed by atoms with E-state index in [4.69, 9.17) is 5.84 Å². The lowest BCUT2D eigenvalue weighted by Gasteiger charge is -2.20. The Hall–Kier alpha value is -1.31. The first-order valence-electron chi connectivity index (χ1n) is 6.13. The van der Waals surface area contributed by atoms with Crippen molar-refractivity contribution in [2.24, 2.45) is 5.84 Å². The molecule has 0 aliphatic rings. The molecule has 7 heteroatoms. The Morgan fingerprint density at radius 1 is 1.45 bits per heavy atom. The van der Waals surface area contributed by atoms with E-state index in [1.807, 2.05) is 6.92 Å². The Morgan fingerprint density at radius 3 is 2.75 bits per heavy atom. The molecular weight excluding hydrogens is 330 g/mol. The zero-order valence-corrected chi connectivity index (χ0v) is 12.7. The number of benzene rings is 1. The van der Waals surface area contributed by atoms with Gasteiger partial charge in [-0.1, -0.05) is 6.07 Å². The molecule has 0 aliphatic heterocycles. The van der Waals surface area contributed by atoms with Gasteiger partial charge >= 0.3 is 0 Å². The van der Waals surface area contributed by atoms with Crippen LogP contribution in [0.5, 0.6) is 0 Å². The molecule has 1 atom stereocenters. The number of hydrazine groups is 1. The summed E-state index contributed by atoms with van der Waals surface area (Å²) in [7, 11) is 0. The smallest absolute Gasteiger partial charge is 0.134 e. The number of nitrogens with two attached hydrogens (primary N) is 1. The zero-order chi connectivity index (χ0) is 14.9. The average molecular weight is 345 g/mol. The third-order valence-corrected chi connectivity index (χ3v) is 3.79. The van der Waals surface area contributed by atoms with Gasteiger partial charge in [0.25, 0.3) is 0 Å². The van der Waals surface area contributed by atoms with E-state index in [0.717, 1.165) is 0 Å². The normalized spacial score (nSPS) is 12.7. The first-order valence-corrected chi connectivity index (χ1v) is 6.92. The fourth-order valence-corrected chi connectivity index (χ4v) is 2.68. The number of nitrogens with zero attached hydrogens (tertiary/aromatic N) is 2. The van der Waals surface area contributed by atoms with Crippen molar-refractivity contribution in [2.75, 3.05) is 0 Å². The fourth-order valence-electron chi connectivity index (χ4n) is 2.15. The first-order chi connectivity index (χ1) is 9.51. The van der Waals surface area contributed by atoms with E-state index in [9.17, 15) is 8.78 Å². The maximum atomic E-state index is 14.3. The van der Waals surface area contributed by atoms with Crippen LogP contribution in [0.4, 0.5) is 8.78 Å². The Kier molecular flexibility index (Phi) is 4.52. The van der Waals surface area contributed by atoms with Crippen molar-refractivity contribution in [1.82, 2.24) is 15.2 Å². The van der Waals surface area contributed by atoms with Gasteiger partial charge in [0, 0.05) is 12.1 Å². The maximum absolute atomic E-state index is 14.3. The number of hydrogen-bond donors (Lipinski definition) is 2. The second-order valence-corrected chi connectivity index (χ2v) is 5.24. The third-order valence-electron chi connectivity index (χ3n) is 3.18. The molecule has 1 aromatic heterocycles. The van der Waals surface area contributed by atoms with Gasteiger partial charge in [0.05, 0.1) is 22.4 Å². The molecule has 0 aliphatic carbocycles. The summed E-state index contributed by atoms with van der Waals surface area (Å²) in [6, 6.07) is 1.80. The molecule has 3 N–H and O–H groups in total. The molecule has 0 fully saturated rings. The summed E-state index contributed by atoms with van der Waals surface area (Å²) >= 11 is 3.34. The summed E-state index contributed by atoms with van der Waals surface area (Å²) in [5, 5.41) is 4.14. The van der Waals surface area contributed by atoms with Gasteiger partial charge in [0.2, 0.25) is 0 Å². The van der Waals surface area contributed by atoms with Gasteiger partial charge in [0.1, 0.15) is 11.6 Å². The van der Waals surface area contributed by atoms with E-state index >= 15 is 0 Å². The SMILES string of the molecule is CCn1ncc(Br)c1C(NN)c1c(F)ccc(C)c1F. The van der Waals surface area contributed by atoms with Gasteiger partial charge < -0.3 is 0 Å². The average Bonchev–Trinajstić information content (AvgIpc) is 2.80. The molecule has 0 saturated carbocycles. The molecule has 2 rings (SSSR count). The summed E-state index contributed by atoms with van der Waals surface area (Å²) in [4.78, 5) is 0. The Balaban J connectivity index is 2.64. The minimum absolute atomic E-state index is 0.108. The van der Waals surface area contributed by atoms with Crippen molar-refractivity contribution in [3.8, 4) is 0 Å². The van der Waals surface area contributed by atoms with Gasteiger partial charge in [-0.25, -0.2) is 14.2 Å². The molecule has 2 aromatic rings. The molecule has 1 unspecified atom stereocenters. The summed E-state index contributed by atoms with van der Waals surface area (Å²) in [5.41, 5.74) is 3.31. The standard InChI is InChI=1S/C13H15BrF2N4/c1-3-20-13(8(14)6-18-20)12(19-17)10-9(15)5-4-7(2)11(10)16/h4-6,12,19H,3,17H2,1-2H3. The van der Waals surface area contributed by atoms with Crippen molar-refractivity contribution < 1.29 is 8.78 Å². The largest absolute Gasteiger partial charge is 0.271 e. The van der Waals surface area contributed by atoms with Gasteiger partial charge in [-0.3, -0.25) is 10.5 Å². The van der Waals surface area contributed by atoms with E-state index in [2.05, 4.69) is 26.5 Å². The summed E-state index contributed by atoms with van der Waals surface area (Å²) < 4.78 is 30.6. The molecule has 20 heavy (non-hydrogen) atoms. The highest BCUT2D eigenvalue weighted by Gasteiger charge is 2.27. The second-order valence-electron chi connectivity index (χ2n) is 4.39. The van der Waals surface area contributed by atoms with Crippen molar-refractivity contribution in [2.45, 2.75) is 26.4 Å². The second kappa shape index (κ2) is 5.99. The number of halogens is 3. The van der Waals surface area contributed by atoms with E-state index < -0.39 is 17.7 Å². The van der Waals surface area contributed by atoms with Crippen molar-refractivity contribution in [3.05, 3.63) is 51.3 Å². The van der Waals surface area contributed by atoms with E-state index in [-0.39, 0.29) is 5.56 Å². The van der Waals surface area contributed by atoms with Crippen molar-refractivity contribution in [1.29, 1.82) is 0 Å². The highest BCUT2D eigenvalue weighted by Crippen LogP contribution is 2.32. The van der Waals surface area contributed by atoms with E-state index in [1.165, 1.54) is 12.1 Å². The van der Waals surface area contributed by atoms with Gasteiger partial charge in [-0.05, 0) is 41.4 Å². The summed E-state index contributed by atoms with van der Waals surface area (Å²) in [6.07, 6.45) is 1.58. The maximum Gasteiger partial charge on any atom is 0.134 e. The Labute approximate surface area is 124 Å². The molecule has 0 radical (unpaired) electrons. The van der Waals surface area contributed by atoms with Crippen LogP contribution in [-0.4, -0.2) is 9.78 Å². The molecule has 108 valence electrons. The molecule has 1 heterocycles. The van der Waals surface area contributed by atoms with Crippen molar-refractivity contribution >= 4 is 15.9 Å². The molecule has 4 nitrogen and oxygen atoms in total. The number of nitrogens with one attached hydrogen (secondary N) is 1. The quantitative estimate of drug-likeness (QED) is 0.662. The summed E-state index contributed by atoms with van der Waals surface area (Å²) in [5.74, 6) is 4.28. The van der Waals surface area contributed by atoms with Crippen LogP contribution >= 0.6 is 15.9 Å². The molecule has 0 spiro atoms. The van der Waals surface area contributed by atoms with Crippen LogP contribution < -0.4 is 11.3 Å². The number of aromatic nitrogens is 2. The van der Waals surface area contributed by atoms with Gasteiger partial charge in [-0.2, -0.15) is 5.10 Å². The van der Waals surface area contributed by atoms with Gasteiger partial charge in [0.15, 0.2) is 0 Å². The van der Waals surface area contributed by atoms with E-state index in [0.29, 0.717) is 22.3 Å². The Morgan fingerprint density at radius 2 is 2.15 bits per heavy atom. The monoisotopic (exact) mass is 344 g/mol. The van der Waals surface area contributed by atoms with E-state index in [1.54, 1.807) is 17.8 Å². The number of aryl methyl sites for hydroxylation is 2. The van der Waals surface area contributed by atoms with Crippen LogP contribution in [0, 0.1) is 18.6 Å². The van der Waals surface area contributed by atoms with Crippen molar-refractivity contribution in [3.63, 3.8) is 0 Å². The van der Waals surface area contributed by atoms with Crippen LogP contribution in [0.2, 0.25) is 0 Å². The number of rotatable bonds is 4. The zero-order valence-electron chi connectivity index (χ0n) is 11.1. The molecule has 0 saturated heterocycles. The predicted molar refractivity (Wildman–Crippen MR) is 75.9 cm³/mol. The lowest BCUT2D eigenvalue weighted by molar-refractivity contribution is 0.480.